The highest BCUT2D eigenvalue weighted by atomic mass is 32.2. The number of thioether (sulfide) groups is 1. The zero-order chi connectivity index (χ0) is 21.2. The Bertz CT molecular complexity index is 940. The lowest BCUT2D eigenvalue weighted by Crippen LogP contribution is -2.35. The molecule has 1 heterocycles. The van der Waals surface area contributed by atoms with Gasteiger partial charge in [-0.2, -0.15) is 26.3 Å². The number of aliphatic imine (C=N–C) groups is 1. The number of amidine groups is 1. The van der Waals surface area contributed by atoms with Crippen molar-refractivity contribution in [2.45, 2.75) is 12.4 Å². The van der Waals surface area contributed by atoms with Crippen molar-refractivity contribution in [2.75, 3.05) is 17.6 Å². The largest absolute Gasteiger partial charge is 0.416 e. The van der Waals surface area contributed by atoms with Crippen LogP contribution >= 0.6 is 24.0 Å². The molecule has 3 nitrogen and oxygen atoms in total. The van der Waals surface area contributed by atoms with E-state index in [9.17, 15) is 26.3 Å². The number of hydrogen-bond donors (Lipinski definition) is 1. The van der Waals surface area contributed by atoms with Gasteiger partial charge in [0, 0.05) is 18.0 Å². The molecule has 1 saturated heterocycles. The molecule has 0 amide bonds. The van der Waals surface area contributed by atoms with Gasteiger partial charge in [0.1, 0.15) is 0 Å². The van der Waals surface area contributed by atoms with Gasteiger partial charge in [-0.1, -0.05) is 23.9 Å². The molecule has 154 valence electrons. The second-order valence-electron chi connectivity index (χ2n) is 5.95. The number of alkyl halides is 6. The lowest BCUT2D eigenvalue weighted by Gasteiger charge is -2.20. The molecule has 0 atom stereocenters. The highest BCUT2D eigenvalue weighted by Gasteiger charge is 2.32. The van der Waals surface area contributed by atoms with Crippen LogP contribution in [0.2, 0.25) is 0 Å². The molecule has 1 fully saturated rings. The summed E-state index contributed by atoms with van der Waals surface area (Å²) in [4.78, 5) is 5.77. The first kappa shape index (κ1) is 21.4. The number of nitrogens with zero attached hydrogens (tertiary/aromatic N) is 2. The Morgan fingerprint density at radius 3 is 2.24 bits per heavy atom. The monoisotopic (exact) mass is 449 g/mol. The van der Waals surface area contributed by atoms with Crippen LogP contribution in [0.15, 0.2) is 53.5 Å². The third-order valence-corrected chi connectivity index (χ3v) is 5.14. The van der Waals surface area contributed by atoms with Crippen molar-refractivity contribution in [3.8, 4) is 0 Å². The van der Waals surface area contributed by atoms with Crippen LogP contribution in [0, 0.1) is 0 Å². The average Bonchev–Trinajstić information content (AvgIpc) is 3.09. The van der Waals surface area contributed by atoms with Crippen LogP contribution in [-0.4, -0.2) is 27.5 Å². The molecule has 1 aliphatic rings. The summed E-state index contributed by atoms with van der Waals surface area (Å²) >= 11 is 6.56. The Morgan fingerprint density at radius 2 is 1.59 bits per heavy atom. The maximum atomic E-state index is 12.9. The second kappa shape index (κ2) is 8.23. The summed E-state index contributed by atoms with van der Waals surface area (Å²) in [6, 6.07) is 9.13. The van der Waals surface area contributed by atoms with E-state index in [1.807, 2.05) is 0 Å². The highest BCUT2D eigenvalue weighted by Crippen LogP contribution is 2.33. The van der Waals surface area contributed by atoms with Crippen LogP contribution in [-0.2, 0) is 12.4 Å². The molecule has 0 bridgehead atoms. The summed E-state index contributed by atoms with van der Waals surface area (Å²) in [7, 11) is 0. The first-order chi connectivity index (χ1) is 13.5. The molecule has 0 spiro atoms. The summed E-state index contributed by atoms with van der Waals surface area (Å²) in [5.41, 5.74) is -1.38. The first-order valence-corrected chi connectivity index (χ1v) is 9.58. The van der Waals surface area contributed by atoms with Crippen molar-refractivity contribution < 1.29 is 26.3 Å². The number of anilines is 1. The number of nitrogens with one attached hydrogen (secondary N) is 1. The van der Waals surface area contributed by atoms with Gasteiger partial charge in [0.05, 0.1) is 16.8 Å². The van der Waals surface area contributed by atoms with E-state index in [0.717, 1.165) is 24.3 Å². The molecule has 0 saturated carbocycles. The fraction of sp³-hybridized carbons (Fsp3) is 0.222. The highest BCUT2D eigenvalue weighted by molar-refractivity contribution is 8.14. The van der Waals surface area contributed by atoms with Crippen LogP contribution in [0.1, 0.15) is 11.1 Å². The fourth-order valence-corrected chi connectivity index (χ4v) is 3.83. The number of thiocarbonyl (C=S) groups is 1. The average molecular weight is 449 g/mol. The predicted octanol–water partition coefficient (Wildman–Crippen LogP) is 6.16. The third-order valence-electron chi connectivity index (χ3n) is 3.86. The topological polar surface area (TPSA) is 27.6 Å². The Hall–Kier alpha value is -2.27. The lowest BCUT2D eigenvalue weighted by atomic mass is 10.2. The van der Waals surface area contributed by atoms with Gasteiger partial charge >= 0.3 is 12.4 Å². The predicted molar refractivity (Wildman–Crippen MR) is 105 cm³/mol. The van der Waals surface area contributed by atoms with E-state index in [1.54, 1.807) is 4.90 Å². The molecule has 1 N–H and O–H groups in total. The standard InChI is InChI=1S/C18H13F6N3S2/c19-17(20,21)11-3-1-5-13(9-11)25-15(28)27-7-8-29-16(27)26-14-6-2-4-12(10-14)18(22,23)24/h1-6,9-10H,7-8H2,(H,25,28). The zero-order valence-electron chi connectivity index (χ0n) is 14.5. The van der Waals surface area contributed by atoms with Crippen molar-refractivity contribution in [2.24, 2.45) is 4.99 Å². The minimum Gasteiger partial charge on any atom is -0.332 e. The molecule has 0 unspecified atom stereocenters. The van der Waals surface area contributed by atoms with E-state index in [4.69, 9.17) is 12.2 Å². The Morgan fingerprint density at radius 1 is 0.966 bits per heavy atom. The summed E-state index contributed by atoms with van der Waals surface area (Å²) in [5, 5.41) is 3.21. The molecule has 0 aromatic heterocycles. The maximum Gasteiger partial charge on any atom is 0.416 e. The van der Waals surface area contributed by atoms with Gasteiger partial charge < -0.3 is 5.32 Å². The molecule has 2 aromatic rings. The number of halogens is 6. The minimum absolute atomic E-state index is 0.107. The maximum absolute atomic E-state index is 12.9. The first-order valence-electron chi connectivity index (χ1n) is 8.18. The SMILES string of the molecule is FC(F)(F)c1cccc(N=C2SCCN2C(=S)Nc2cccc(C(F)(F)F)c2)c1. The van der Waals surface area contributed by atoms with Crippen LogP contribution in [0.25, 0.3) is 0 Å². The molecule has 29 heavy (non-hydrogen) atoms. The summed E-state index contributed by atoms with van der Waals surface area (Å²) in [5.74, 6) is 0.586. The summed E-state index contributed by atoms with van der Waals surface area (Å²) < 4.78 is 77.2. The molecule has 3 rings (SSSR count). The summed E-state index contributed by atoms with van der Waals surface area (Å²) in [6.07, 6.45) is -8.97. The van der Waals surface area contributed by atoms with Gasteiger partial charge in [0.15, 0.2) is 10.3 Å². The Kier molecular flexibility index (Phi) is 6.08. The van der Waals surface area contributed by atoms with E-state index in [2.05, 4.69) is 10.3 Å². The van der Waals surface area contributed by atoms with Crippen LogP contribution in [0.4, 0.5) is 37.7 Å². The van der Waals surface area contributed by atoms with Crippen molar-refractivity contribution in [3.05, 3.63) is 59.7 Å². The molecule has 2 aromatic carbocycles. The lowest BCUT2D eigenvalue weighted by molar-refractivity contribution is -0.138. The fourth-order valence-electron chi connectivity index (χ4n) is 2.51. The molecular formula is C18H13F6N3S2. The molecule has 11 heteroatoms. The van der Waals surface area contributed by atoms with E-state index < -0.39 is 23.5 Å². The van der Waals surface area contributed by atoms with Crippen molar-refractivity contribution in [1.29, 1.82) is 0 Å². The van der Waals surface area contributed by atoms with E-state index in [1.165, 1.54) is 36.0 Å². The van der Waals surface area contributed by atoms with Gasteiger partial charge in [0.2, 0.25) is 0 Å². The van der Waals surface area contributed by atoms with E-state index in [-0.39, 0.29) is 16.5 Å². The zero-order valence-corrected chi connectivity index (χ0v) is 16.1. The smallest absolute Gasteiger partial charge is 0.332 e. The van der Waals surface area contributed by atoms with Crippen LogP contribution in [0.3, 0.4) is 0 Å². The van der Waals surface area contributed by atoms with Gasteiger partial charge in [-0.25, -0.2) is 4.99 Å². The van der Waals surface area contributed by atoms with Gasteiger partial charge in [-0.15, -0.1) is 0 Å². The van der Waals surface area contributed by atoms with Crippen molar-refractivity contribution in [1.82, 2.24) is 4.90 Å². The molecule has 0 aliphatic carbocycles. The number of rotatable bonds is 2. The quantitative estimate of drug-likeness (QED) is 0.439. The summed E-state index contributed by atoms with van der Waals surface area (Å²) in [6.45, 7) is 0.424. The van der Waals surface area contributed by atoms with Crippen LogP contribution in [0.5, 0.6) is 0 Å². The van der Waals surface area contributed by atoms with Gasteiger partial charge in [0.25, 0.3) is 0 Å². The van der Waals surface area contributed by atoms with Gasteiger partial charge in [-0.05, 0) is 48.6 Å². The Balaban J connectivity index is 1.79. The molecular weight excluding hydrogens is 436 g/mol. The van der Waals surface area contributed by atoms with Crippen LogP contribution < -0.4 is 5.32 Å². The van der Waals surface area contributed by atoms with Crippen molar-refractivity contribution in [3.63, 3.8) is 0 Å². The van der Waals surface area contributed by atoms with Crippen molar-refractivity contribution >= 4 is 45.6 Å². The number of benzene rings is 2. The Labute approximate surface area is 171 Å². The van der Waals surface area contributed by atoms with E-state index >= 15 is 0 Å². The van der Waals surface area contributed by atoms with Gasteiger partial charge in [-0.3, -0.25) is 4.90 Å². The minimum atomic E-state index is -4.49. The molecule has 0 radical (unpaired) electrons. The third kappa shape index (κ3) is 5.41. The van der Waals surface area contributed by atoms with E-state index in [0.29, 0.717) is 17.5 Å². The number of hydrogen-bond acceptors (Lipinski definition) is 3. The second-order valence-corrected chi connectivity index (χ2v) is 7.40. The molecule has 1 aliphatic heterocycles. The normalized spacial score (nSPS) is 16.3.